The summed E-state index contributed by atoms with van der Waals surface area (Å²) in [5.41, 5.74) is 1.99. The van der Waals surface area contributed by atoms with Gasteiger partial charge in [-0.15, -0.1) is 11.3 Å². The molecule has 0 bridgehead atoms. The lowest BCUT2D eigenvalue weighted by molar-refractivity contribution is 0.202. The number of urea groups is 1. The molecule has 0 fully saturated rings. The maximum Gasteiger partial charge on any atom is 0.317 e. The van der Waals surface area contributed by atoms with E-state index in [4.69, 9.17) is 4.74 Å². The highest BCUT2D eigenvalue weighted by atomic mass is 32.1. The predicted molar refractivity (Wildman–Crippen MR) is 92.9 cm³/mol. The monoisotopic (exact) mass is 333 g/mol. The number of thiazole rings is 1. The number of rotatable bonds is 6. The number of ether oxygens (including phenoxy) is 1. The first kappa shape index (κ1) is 17.3. The highest BCUT2D eigenvalue weighted by molar-refractivity contribution is 7.09. The van der Waals surface area contributed by atoms with Crippen LogP contribution < -0.4 is 10.1 Å². The largest absolute Gasteiger partial charge is 0.497 e. The number of aryl methyl sites for hydroxylation is 1. The number of nitrogens with one attached hydrogen (secondary N) is 1. The number of aromatic nitrogens is 1. The van der Waals surface area contributed by atoms with Crippen LogP contribution in [0.5, 0.6) is 5.75 Å². The molecule has 6 heteroatoms. The van der Waals surface area contributed by atoms with E-state index in [0.29, 0.717) is 6.54 Å². The normalized spacial score (nSPS) is 11.8. The third-order valence-corrected chi connectivity index (χ3v) is 4.46. The first-order chi connectivity index (χ1) is 11.0. The van der Waals surface area contributed by atoms with E-state index in [-0.39, 0.29) is 12.1 Å². The van der Waals surface area contributed by atoms with Crippen LogP contribution in [-0.2, 0) is 6.54 Å². The molecule has 1 aromatic heterocycles. The van der Waals surface area contributed by atoms with Gasteiger partial charge in [0.2, 0.25) is 0 Å². The standard InChI is InChI=1S/C17H23N3O2S/c1-5-16(13-6-8-15(22-4)9-7-13)19-17(21)20(3)10-14-11-23-12(2)18-14/h6-9,11,16H,5,10H2,1-4H3,(H,19,21). The molecular weight excluding hydrogens is 310 g/mol. The molecular formula is C17H23N3O2S. The minimum atomic E-state index is -0.0988. The third kappa shape index (κ3) is 4.69. The fraction of sp³-hybridized carbons (Fsp3) is 0.412. The van der Waals surface area contributed by atoms with E-state index in [0.717, 1.165) is 28.4 Å². The average Bonchev–Trinajstić information content (AvgIpc) is 2.97. The average molecular weight is 333 g/mol. The van der Waals surface area contributed by atoms with E-state index in [9.17, 15) is 4.79 Å². The molecule has 1 heterocycles. The Kier molecular flexibility index (Phi) is 5.98. The van der Waals surface area contributed by atoms with Crippen LogP contribution >= 0.6 is 11.3 Å². The van der Waals surface area contributed by atoms with Crippen LogP contribution in [0.1, 0.15) is 35.7 Å². The maximum absolute atomic E-state index is 12.4. The lowest BCUT2D eigenvalue weighted by Gasteiger charge is -2.23. The first-order valence-electron chi connectivity index (χ1n) is 7.60. The van der Waals surface area contributed by atoms with Gasteiger partial charge in [-0.05, 0) is 31.0 Å². The number of amides is 2. The highest BCUT2D eigenvalue weighted by Crippen LogP contribution is 2.20. The molecule has 0 saturated carbocycles. The molecule has 0 spiro atoms. The Bertz CT molecular complexity index is 640. The van der Waals surface area contributed by atoms with Gasteiger partial charge in [0, 0.05) is 12.4 Å². The third-order valence-electron chi connectivity index (χ3n) is 3.64. The van der Waals surface area contributed by atoms with Gasteiger partial charge in [0.25, 0.3) is 0 Å². The summed E-state index contributed by atoms with van der Waals surface area (Å²) in [7, 11) is 3.42. The number of benzene rings is 1. The Morgan fingerprint density at radius 2 is 2.09 bits per heavy atom. The molecule has 124 valence electrons. The van der Waals surface area contributed by atoms with E-state index in [1.807, 2.05) is 36.6 Å². The molecule has 0 radical (unpaired) electrons. The van der Waals surface area contributed by atoms with Crippen molar-refractivity contribution in [3.8, 4) is 5.75 Å². The van der Waals surface area contributed by atoms with Gasteiger partial charge in [0.15, 0.2) is 0 Å². The Morgan fingerprint density at radius 1 is 1.39 bits per heavy atom. The van der Waals surface area contributed by atoms with E-state index in [2.05, 4.69) is 17.2 Å². The lowest BCUT2D eigenvalue weighted by Crippen LogP contribution is -2.38. The fourth-order valence-corrected chi connectivity index (χ4v) is 2.92. The number of nitrogens with zero attached hydrogens (tertiary/aromatic N) is 2. The van der Waals surface area contributed by atoms with Crippen molar-refractivity contribution >= 4 is 17.4 Å². The molecule has 1 atom stereocenters. The smallest absolute Gasteiger partial charge is 0.317 e. The summed E-state index contributed by atoms with van der Waals surface area (Å²) in [6.07, 6.45) is 0.821. The second kappa shape index (κ2) is 7.97. The Labute approximate surface area is 141 Å². The van der Waals surface area contributed by atoms with Crippen molar-refractivity contribution < 1.29 is 9.53 Å². The summed E-state index contributed by atoms with van der Waals surface area (Å²) in [6, 6.07) is 7.66. The molecule has 2 aromatic rings. The summed E-state index contributed by atoms with van der Waals surface area (Å²) in [4.78, 5) is 18.4. The molecule has 1 aromatic carbocycles. The molecule has 0 aliphatic carbocycles. The van der Waals surface area contributed by atoms with Gasteiger partial charge in [-0.25, -0.2) is 9.78 Å². The van der Waals surface area contributed by atoms with Crippen LogP contribution in [-0.4, -0.2) is 30.1 Å². The minimum absolute atomic E-state index is 0.0203. The summed E-state index contributed by atoms with van der Waals surface area (Å²) >= 11 is 1.60. The van der Waals surface area contributed by atoms with Crippen molar-refractivity contribution in [3.63, 3.8) is 0 Å². The van der Waals surface area contributed by atoms with Crippen LogP contribution in [0, 0.1) is 6.92 Å². The van der Waals surface area contributed by atoms with Crippen LogP contribution in [0.4, 0.5) is 4.79 Å². The van der Waals surface area contributed by atoms with Gasteiger partial charge < -0.3 is 15.0 Å². The molecule has 1 unspecified atom stereocenters. The SMILES string of the molecule is CCC(NC(=O)N(C)Cc1csc(C)n1)c1ccc(OC)cc1. The molecule has 2 rings (SSSR count). The van der Waals surface area contributed by atoms with Crippen molar-refractivity contribution in [2.24, 2.45) is 0 Å². The van der Waals surface area contributed by atoms with Gasteiger partial charge in [-0.1, -0.05) is 19.1 Å². The summed E-state index contributed by atoms with van der Waals surface area (Å²) in [6.45, 7) is 4.53. The molecule has 1 N–H and O–H groups in total. The molecule has 0 saturated heterocycles. The van der Waals surface area contributed by atoms with Crippen LogP contribution in [0.2, 0.25) is 0 Å². The van der Waals surface area contributed by atoms with Gasteiger partial charge in [0.1, 0.15) is 5.75 Å². The summed E-state index contributed by atoms with van der Waals surface area (Å²) < 4.78 is 5.17. The molecule has 23 heavy (non-hydrogen) atoms. The van der Waals surface area contributed by atoms with Crippen molar-refractivity contribution in [2.45, 2.75) is 32.9 Å². The highest BCUT2D eigenvalue weighted by Gasteiger charge is 2.16. The molecule has 2 amide bonds. The van der Waals surface area contributed by atoms with E-state index < -0.39 is 0 Å². The zero-order valence-electron chi connectivity index (χ0n) is 14.0. The second-order valence-corrected chi connectivity index (χ2v) is 6.46. The van der Waals surface area contributed by atoms with E-state index in [1.165, 1.54) is 0 Å². The molecule has 5 nitrogen and oxygen atoms in total. The number of methoxy groups -OCH3 is 1. The topological polar surface area (TPSA) is 54.5 Å². The van der Waals surface area contributed by atoms with E-state index >= 15 is 0 Å². The maximum atomic E-state index is 12.4. The van der Waals surface area contributed by atoms with Gasteiger partial charge >= 0.3 is 6.03 Å². The number of carbonyl (C=O) groups excluding carboxylic acids is 1. The summed E-state index contributed by atoms with van der Waals surface area (Å²) in [5, 5.41) is 6.07. The zero-order chi connectivity index (χ0) is 16.8. The minimum Gasteiger partial charge on any atom is -0.497 e. The number of carbonyl (C=O) groups is 1. The molecule has 0 aliphatic rings. The quantitative estimate of drug-likeness (QED) is 0.876. The van der Waals surface area contributed by atoms with Crippen LogP contribution in [0.15, 0.2) is 29.6 Å². The Balaban J connectivity index is 1.97. The fourth-order valence-electron chi connectivity index (χ4n) is 2.31. The number of hydrogen-bond donors (Lipinski definition) is 1. The summed E-state index contributed by atoms with van der Waals surface area (Å²) in [5.74, 6) is 0.811. The van der Waals surface area contributed by atoms with Crippen LogP contribution in [0.3, 0.4) is 0 Å². The Morgan fingerprint density at radius 3 is 2.61 bits per heavy atom. The first-order valence-corrected chi connectivity index (χ1v) is 8.48. The number of hydrogen-bond acceptors (Lipinski definition) is 4. The van der Waals surface area contributed by atoms with Crippen LogP contribution in [0.25, 0.3) is 0 Å². The second-order valence-electron chi connectivity index (χ2n) is 5.40. The van der Waals surface area contributed by atoms with Crippen molar-refractivity contribution in [2.75, 3.05) is 14.2 Å². The Hall–Kier alpha value is -2.08. The van der Waals surface area contributed by atoms with Crippen molar-refractivity contribution in [1.82, 2.24) is 15.2 Å². The van der Waals surface area contributed by atoms with Gasteiger partial charge in [-0.3, -0.25) is 0 Å². The van der Waals surface area contributed by atoms with Crippen molar-refractivity contribution in [3.05, 3.63) is 45.9 Å². The predicted octanol–water partition coefficient (Wildman–Crippen LogP) is 3.75. The van der Waals surface area contributed by atoms with Crippen molar-refractivity contribution in [1.29, 1.82) is 0 Å². The van der Waals surface area contributed by atoms with Gasteiger partial charge in [0.05, 0.1) is 30.4 Å². The van der Waals surface area contributed by atoms with E-state index in [1.54, 1.807) is 30.4 Å². The molecule has 0 aliphatic heterocycles. The van der Waals surface area contributed by atoms with Gasteiger partial charge in [-0.2, -0.15) is 0 Å². The zero-order valence-corrected chi connectivity index (χ0v) is 14.8. The lowest BCUT2D eigenvalue weighted by atomic mass is 10.0.